The zero-order chi connectivity index (χ0) is 18.5. The van der Waals surface area contributed by atoms with Crippen LogP contribution in [0.4, 0.5) is 11.4 Å². The first kappa shape index (κ1) is 21.1. The molecule has 0 aromatic heterocycles. The van der Waals surface area contributed by atoms with Crippen molar-refractivity contribution in [1.82, 2.24) is 5.32 Å². The minimum absolute atomic E-state index is 0. The summed E-state index contributed by atoms with van der Waals surface area (Å²) in [5.41, 5.74) is 8.21. The van der Waals surface area contributed by atoms with Crippen LogP contribution in [0.3, 0.4) is 0 Å². The van der Waals surface area contributed by atoms with Gasteiger partial charge in [-0.1, -0.05) is 41.9 Å². The van der Waals surface area contributed by atoms with Crippen LogP contribution in [0.5, 0.6) is 0 Å². The number of carbonyl (C=O) groups excluding carboxylic acids is 2. The molecule has 144 valence electrons. The van der Waals surface area contributed by atoms with E-state index in [9.17, 15) is 9.59 Å². The van der Waals surface area contributed by atoms with E-state index in [0.717, 1.165) is 12.0 Å². The van der Waals surface area contributed by atoms with Crippen molar-refractivity contribution in [2.45, 2.75) is 31.7 Å². The van der Waals surface area contributed by atoms with Crippen molar-refractivity contribution in [2.24, 2.45) is 0 Å². The Hall–Kier alpha value is -2.24. The molecule has 3 N–H and O–H groups in total. The van der Waals surface area contributed by atoms with E-state index in [1.54, 1.807) is 11.0 Å². The average Bonchev–Trinajstić information content (AvgIpc) is 2.63. The van der Waals surface area contributed by atoms with Gasteiger partial charge >= 0.3 is 0 Å². The molecule has 0 saturated carbocycles. The summed E-state index contributed by atoms with van der Waals surface area (Å²) in [5.74, 6) is -0.260. The van der Waals surface area contributed by atoms with Crippen molar-refractivity contribution in [3.63, 3.8) is 0 Å². The van der Waals surface area contributed by atoms with Crippen LogP contribution in [-0.4, -0.2) is 24.4 Å². The summed E-state index contributed by atoms with van der Waals surface area (Å²) < 4.78 is 0. The molecule has 2 aromatic carbocycles. The highest BCUT2D eigenvalue weighted by Crippen LogP contribution is 2.28. The number of nitrogens with two attached hydrogens (primary N) is 1. The van der Waals surface area contributed by atoms with Crippen molar-refractivity contribution in [1.29, 1.82) is 0 Å². The number of nitrogens with zero attached hydrogens (tertiary/aromatic N) is 1. The fraction of sp³-hybridized carbons (Fsp3) is 0.300. The SMILES string of the molecule is Cl.Nc1ccccc1CCC(=O)NC1CCCN(c2ccccc2Cl)C1=O. The lowest BCUT2D eigenvalue weighted by atomic mass is 10.0. The van der Waals surface area contributed by atoms with Gasteiger partial charge in [0.1, 0.15) is 6.04 Å². The number of aryl methyl sites for hydroxylation is 1. The number of carbonyl (C=O) groups is 2. The smallest absolute Gasteiger partial charge is 0.249 e. The average molecular weight is 408 g/mol. The molecule has 1 aliphatic rings. The number of nitrogens with one attached hydrogen (secondary N) is 1. The van der Waals surface area contributed by atoms with Crippen LogP contribution >= 0.6 is 24.0 Å². The topological polar surface area (TPSA) is 75.4 Å². The van der Waals surface area contributed by atoms with Crippen molar-refractivity contribution < 1.29 is 9.59 Å². The molecule has 3 rings (SSSR count). The Labute approximate surface area is 170 Å². The number of hydrogen-bond acceptors (Lipinski definition) is 3. The maximum atomic E-state index is 12.8. The molecule has 2 aromatic rings. The fourth-order valence-electron chi connectivity index (χ4n) is 3.20. The summed E-state index contributed by atoms with van der Waals surface area (Å²) >= 11 is 6.22. The Morgan fingerprint density at radius 1 is 1.19 bits per heavy atom. The summed E-state index contributed by atoms with van der Waals surface area (Å²) in [6.45, 7) is 0.607. The maximum Gasteiger partial charge on any atom is 0.249 e. The second-order valence-corrected chi connectivity index (χ2v) is 6.81. The molecule has 1 saturated heterocycles. The molecule has 7 heteroatoms. The van der Waals surface area contributed by atoms with Crippen LogP contribution in [0.15, 0.2) is 48.5 Å². The van der Waals surface area contributed by atoms with Crippen LogP contribution in [-0.2, 0) is 16.0 Å². The van der Waals surface area contributed by atoms with Gasteiger partial charge in [-0.15, -0.1) is 12.4 Å². The largest absolute Gasteiger partial charge is 0.399 e. The first-order valence-corrected chi connectivity index (χ1v) is 9.12. The zero-order valence-electron chi connectivity index (χ0n) is 14.9. The van der Waals surface area contributed by atoms with Gasteiger partial charge in [0, 0.05) is 18.7 Å². The number of hydrogen-bond donors (Lipinski definition) is 2. The quantitative estimate of drug-likeness (QED) is 0.743. The Balaban J connectivity index is 0.00000261. The van der Waals surface area contributed by atoms with E-state index in [-0.39, 0.29) is 24.2 Å². The van der Waals surface area contributed by atoms with Crippen molar-refractivity contribution in [3.8, 4) is 0 Å². The summed E-state index contributed by atoms with van der Waals surface area (Å²) in [5, 5.41) is 3.40. The molecule has 1 atom stereocenters. The van der Waals surface area contributed by atoms with Gasteiger partial charge in [-0.3, -0.25) is 9.59 Å². The summed E-state index contributed by atoms with van der Waals surface area (Å²) in [4.78, 5) is 26.7. The Bertz CT molecular complexity index is 813. The van der Waals surface area contributed by atoms with Crippen LogP contribution < -0.4 is 16.0 Å². The van der Waals surface area contributed by atoms with Gasteiger partial charge in [0.25, 0.3) is 0 Å². The molecule has 1 unspecified atom stereocenters. The molecule has 1 fully saturated rings. The van der Waals surface area contributed by atoms with E-state index in [4.69, 9.17) is 17.3 Å². The van der Waals surface area contributed by atoms with E-state index >= 15 is 0 Å². The monoisotopic (exact) mass is 407 g/mol. The van der Waals surface area contributed by atoms with Crippen molar-refractivity contribution in [2.75, 3.05) is 17.2 Å². The van der Waals surface area contributed by atoms with Gasteiger partial charge in [-0.2, -0.15) is 0 Å². The second kappa shape index (κ2) is 9.62. The predicted molar refractivity (Wildman–Crippen MR) is 111 cm³/mol. The second-order valence-electron chi connectivity index (χ2n) is 6.40. The normalized spacial score (nSPS) is 16.6. The maximum absolute atomic E-state index is 12.8. The Morgan fingerprint density at radius 2 is 1.89 bits per heavy atom. The predicted octanol–water partition coefficient (Wildman–Crippen LogP) is 3.59. The zero-order valence-corrected chi connectivity index (χ0v) is 16.4. The standard InChI is InChI=1S/C20H22ClN3O2.ClH/c21-15-7-2-4-10-18(15)24-13-5-9-17(20(24)26)23-19(25)12-11-14-6-1-3-8-16(14)22;/h1-4,6-8,10,17H,5,9,11-13,22H2,(H,23,25);1H. The van der Waals surface area contributed by atoms with Crippen LogP contribution in [0.25, 0.3) is 0 Å². The first-order chi connectivity index (χ1) is 12.6. The van der Waals surface area contributed by atoms with Gasteiger partial charge in [0.2, 0.25) is 11.8 Å². The third kappa shape index (κ3) is 5.15. The molecule has 0 bridgehead atoms. The Kier molecular flexibility index (Phi) is 7.51. The summed E-state index contributed by atoms with van der Waals surface area (Å²) in [6, 6.07) is 14.2. The lowest BCUT2D eigenvalue weighted by Gasteiger charge is -2.33. The lowest BCUT2D eigenvalue weighted by molar-refractivity contribution is -0.128. The molecule has 1 aliphatic heterocycles. The van der Waals surface area contributed by atoms with E-state index < -0.39 is 6.04 Å². The number of piperidine rings is 1. The molecular weight excluding hydrogens is 385 g/mol. The molecule has 27 heavy (non-hydrogen) atoms. The third-order valence-electron chi connectivity index (χ3n) is 4.59. The number of nitrogen functional groups attached to an aromatic ring is 1. The van der Waals surface area contributed by atoms with Gasteiger partial charge in [0.05, 0.1) is 10.7 Å². The molecule has 5 nitrogen and oxygen atoms in total. The molecule has 2 amide bonds. The number of halogens is 2. The minimum Gasteiger partial charge on any atom is -0.399 e. The van der Waals surface area contributed by atoms with Gasteiger partial charge in [-0.25, -0.2) is 0 Å². The van der Waals surface area contributed by atoms with Crippen LogP contribution in [0, 0.1) is 0 Å². The molecule has 0 radical (unpaired) electrons. The minimum atomic E-state index is -0.513. The highest BCUT2D eigenvalue weighted by Gasteiger charge is 2.31. The highest BCUT2D eigenvalue weighted by molar-refractivity contribution is 6.33. The van der Waals surface area contributed by atoms with Crippen molar-refractivity contribution in [3.05, 3.63) is 59.1 Å². The van der Waals surface area contributed by atoms with E-state index in [2.05, 4.69) is 5.32 Å². The number of anilines is 2. The number of para-hydroxylation sites is 2. The molecule has 0 spiro atoms. The van der Waals surface area contributed by atoms with E-state index in [1.807, 2.05) is 42.5 Å². The van der Waals surface area contributed by atoms with Gasteiger partial charge < -0.3 is 16.0 Å². The first-order valence-electron chi connectivity index (χ1n) is 8.75. The van der Waals surface area contributed by atoms with Crippen molar-refractivity contribution >= 4 is 47.2 Å². The fourth-order valence-corrected chi connectivity index (χ4v) is 3.43. The number of rotatable bonds is 5. The Morgan fingerprint density at radius 3 is 2.63 bits per heavy atom. The third-order valence-corrected chi connectivity index (χ3v) is 4.91. The van der Waals surface area contributed by atoms with Crippen LogP contribution in [0.2, 0.25) is 5.02 Å². The van der Waals surface area contributed by atoms with E-state index in [1.165, 1.54) is 0 Å². The number of amides is 2. The summed E-state index contributed by atoms with van der Waals surface area (Å²) in [6.07, 6.45) is 2.30. The lowest BCUT2D eigenvalue weighted by Crippen LogP contribution is -2.52. The molecule has 0 aliphatic carbocycles. The van der Waals surface area contributed by atoms with E-state index in [0.29, 0.717) is 42.2 Å². The summed E-state index contributed by atoms with van der Waals surface area (Å²) in [7, 11) is 0. The van der Waals surface area contributed by atoms with Gasteiger partial charge in [0.15, 0.2) is 0 Å². The molecular formula is C20H23Cl2N3O2. The number of benzene rings is 2. The van der Waals surface area contributed by atoms with Gasteiger partial charge in [-0.05, 0) is 43.0 Å². The molecule has 1 heterocycles. The van der Waals surface area contributed by atoms with Crippen LogP contribution in [0.1, 0.15) is 24.8 Å². The highest BCUT2D eigenvalue weighted by atomic mass is 35.5.